The Labute approximate surface area is 262 Å². The maximum atomic E-state index is 13.7. The molecule has 0 aliphatic carbocycles. The van der Waals surface area contributed by atoms with Crippen molar-refractivity contribution in [3.63, 3.8) is 0 Å². The van der Waals surface area contributed by atoms with Crippen LogP contribution in [0, 0.1) is 12.3 Å². The van der Waals surface area contributed by atoms with Crippen molar-refractivity contribution in [3.8, 4) is 10.4 Å². The van der Waals surface area contributed by atoms with Crippen LogP contribution >= 0.6 is 11.3 Å². The monoisotopic (exact) mass is 631 g/mol. The predicted molar refractivity (Wildman–Crippen MR) is 167 cm³/mol. The van der Waals surface area contributed by atoms with Crippen molar-refractivity contribution in [2.24, 2.45) is 5.41 Å². The van der Waals surface area contributed by atoms with Crippen LogP contribution in [-0.2, 0) is 30.4 Å². The van der Waals surface area contributed by atoms with Gasteiger partial charge >= 0.3 is 6.09 Å². The molecule has 12 nitrogen and oxygen atoms in total. The summed E-state index contributed by atoms with van der Waals surface area (Å²) in [7, 11) is 0. The number of hydrogen-bond donors (Lipinski definition) is 4. The zero-order valence-corrected chi connectivity index (χ0v) is 27.4. The van der Waals surface area contributed by atoms with Gasteiger partial charge in [-0.05, 0) is 44.2 Å². The van der Waals surface area contributed by atoms with Gasteiger partial charge in [0, 0.05) is 26.1 Å². The Hall–Kier alpha value is -3.55. The second kappa shape index (κ2) is 15.0. The van der Waals surface area contributed by atoms with Crippen LogP contribution in [0.5, 0.6) is 0 Å². The number of aliphatic hydroxyl groups excluding tert-OH is 1. The lowest BCUT2D eigenvalue weighted by Crippen LogP contribution is -2.58. The maximum absolute atomic E-state index is 13.7. The standard InChI is InChI=1S/C31H45N5O7S/c1-19-25(44-18-34-19)21-10-8-20(9-11-21)15-33-27(39)23-14-22(37)16-36(23)28(40)26(30(2,3)4)35-24(38)17-42-13-12-32-29(41)43-31(5,6)7/h8-11,18,22-23,26,37H,12-17H2,1-7H3,(H,32,41)(H,33,39)(H,35,38)/t22-,23+,26-/m1/s1. The number of carbonyl (C=O) groups is 4. The quantitative estimate of drug-likeness (QED) is 0.276. The van der Waals surface area contributed by atoms with E-state index in [9.17, 15) is 24.3 Å². The summed E-state index contributed by atoms with van der Waals surface area (Å²) in [5.41, 5.74) is 3.39. The fourth-order valence-corrected chi connectivity index (χ4v) is 5.50. The number of amides is 4. The molecule has 0 radical (unpaired) electrons. The molecular weight excluding hydrogens is 586 g/mol. The van der Waals surface area contributed by atoms with Crippen LogP contribution in [-0.4, -0.2) is 88.9 Å². The van der Waals surface area contributed by atoms with Gasteiger partial charge in [0.2, 0.25) is 17.7 Å². The lowest BCUT2D eigenvalue weighted by molar-refractivity contribution is -0.144. The van der Waals surface area contributed by atoms with E-state index in [1.165, 1.54) is 4.90 Å². The minimum atomic E-state index is -0.971. The summed E-state index contributed by atoms with van der Waals surface area (Å²) >= 11 is 1.57. The first-order valence-electron chi connectivity index (χ1n) is 14.6. The molecule has 0 saturated carbocycles. The molecule has 1 aromatic heterocycles. The number of nitrogens with zero attached hydrogens (tertiary/aromatic N) is 2. The number of rotatable bonds is 11. The summed E-state index contributed by atoms with van der Waals surface area (Å²) in [6.45, 7) is 12.8. The van der Waals surface area contributed by atoms with Gasteiger partial charge in [-0.25, -0.2) is 9.78 Å². The Morgan fingerprint density at radius 1 is 1.09 bits per heavy atom. The molecule has 3 atom stereocenters. The molecule has 1 aromatic carbocycles. The molecule has 1 aliphatic rings. The first-order chi connectivity index (χ1) is 20.5. The second-order valence-corrected chi connectivity index (χ2v) is 13.8. The van der Waals surface area contributed by atoms with E-state index in [1.807, 2.05) is 31.2 Å². The fraction of sp³-hybridized carbons (Fsp3) is 0.581. The molecule has 1 saturated heterocycles. The summed E-state index contributed by atoms with van der Waals surface area (Å²) in [5.74, 6) is -1.36. The van der Waals surface area contributed by atoms with E-state index in [4.69, 9.17) is 9.47 Å². The molecule has 2 aromatic rings. The van der Waals surface area contributed by atoms with Crippen molar-refractivity contribution in [1.29, 1.82) is 0 Å². The SMILES string of the molecule is Cc1ncsc1-c1ccc(CNC(=O)[C@@H]2C[C@@H](O)CN2C(=O)[C@@H](NC(=O)COCCNC(=O)OC(C)(C)C)C(C)(C)C)cc1. The zero-order valence-electron chi connectivity index (χ0n) is 26.6. The van der Waals surface area contributed by atoms with Crippen molar-refractivity contribution < 1.29 is 33.8 Å². The molecule has 242 valence electrons. The molecule has 3 rings (SSSR count). The van der Waals surface area contributed by atoms with Gasteiger partial charge < -0.3 is 35.4 Å². The summed E-state index contributed by atoms with van der Waals surface area (Å²) in [6.07, 6.45) is -1.36. The van der Waals surface area contributed by atoms with Crippen LogP contribution < -0.4 is 16.0 Å². The molecule has 4 N–H and O–H groups in total. The summed E-state index contributed by atoms with van der Waals surface area (Å²) < 4.78 is 10.5. The number of nitrogens with one attached hydrogen (secondary N) is 3. The number of β-amino-alcohol motifs (C(OH)–C–C–N with tert-alkyl or cyclic N) is 1. The van der Waals surface area contributed by atoms with E-state index >= 15 is 0 Å². The number of alkyl carbamates (subject to hydrolysis) is 1. The van der Waals surface area contributed by atoms with Crippen molar-refractivity contribution >= 4 is 35.2 Å². The highest BCUT2D eigenvalue weighted by Crippen LogP contribution is 2.28. The number of aromatic nitrogens is 1. The minimum absolute atomic E-state index is 0.0187. The Balaban J connectivity index is 1.54. The third-order valence-electron chi connectivity index (χ3n) is 6.86. The van der Waals surface area contributed by atoms with Gasteiger partial charge in [0.05, 0.1) is 28.8 Å². The normalized spacial score (nSPS) is 17.6. The molecule has 13 heteroatoms. The zero-order chi connectivity index (χ0) is 32.7. The van der Waals surface area contributed by atoms with Crippen molar-refractivity contribution in [2.45, 2.75) is 85.2 Å². The molecule has 1 fully saturated rings. The van der Waals surface area contributed by atoms with Crippen molar-refractivity contribution in [3.05, 3.63) is 41.0 Å². The summed E-state index contributed by atoms with van der Waals surface area (Å²) in [4.78, 5) is 58.1. The molecule has 0 spiro atoms. The highest BCUT2D eigenvalue weighted by molar-refractivity contribution is 7.13. The molecule has 0 bridgehead atoms. The van der Waals surface area contributed by atoms with Crippen LogP contribution in [0.3, 0.4) is 0 Å². The molecule has 44 heavy (non-hydrogen) atoms. The van der Waals surface area contributed by atoms with Crippen LogP contribution in [0.4, 0.5) is 4.79 Å². The fourth-order valence-electron chi connectivity index (χ4n) is 4.69. The first kappa shape index (κ1) is 34.9. The summed E-state index contributed by atoms with van der Waals surface area (Å²) in [5, 5.41) is 18.6. The van der Waals surface area contributed by atoms with Crippen molar-refractivity contribution in [2.75, 3.05) is 26.3 Å². The van der Waals surface area contributed by atoms with Crippen LogP contribution in [0.1, 0.15) is 59.2 Å². The Bertz CT molecular complexity index is 1300. The topological polar surface area (TPSA) is 159 Å². The lowest BCUT2D eigenvalue weighted by atomic mass is 9.85. The van der Waals surface area contributed by atoms with E-state index in [0.29, 0.717) is 0 Å². The van der Waals surface area contributed by atoms with Gasteiger partial charge in [-0.3, -0.25) is 14.4 Å². The predicted octanol–water partition coefficient (Wildman–Crippen LogP) is 2.77. The Morgan fingerprint density at radius 2 is 1.77 bits per heavy atom. The Kier molecular flexibility index (Phi) is 11.9. The van der Waals surface area contributed by atoms with E-state index in [2.05, 4.69) is 20.9 Å². The number of aliphatic hydroxyl groups is 1. The number of ether oxygens (including phenoxy) is 2. The maximum Gasteiger partial charge on any atom is 0.407 e. The van der Waals surface area contributed by atoms with E-state index in [1.54, 1.807) is 58.4 Å². The minimum Gasteiger partial charge on any atom is -0.444 e. The van der Waals surface area contributed by atoms with E-state index in [0.717, 1.165) is 21.7 Å². The second-order valence-electron chi connectivity index (χ2n) is 12.9. The van der Waals surface area contributed by atoms with E-state index in [-0.39, 0.29) is 45.2 Å². The van der Waals surface area contributed by atoms with E-state index < -0.39 is 47.1 Å². The number of aryl methyl sites for hydroxylation is 1. The molecule has 1 aliphatic heterocycles. The lowest BCUT2D eigenvalue weighted by Gasteiger charge is -2.35. The number of likely N-dealkylation sites (tertiary alicyclic amines) is 1. The Morgan fingerprint density at radius 3 is 2.36 bits per heavy atom. The largest absolute Gasteiger partial charge is 0.444 e. The number of hydrogen-bond acceptors (Lipinski definition) is 9. The average molecular weight is 632 g/mol. The van der Waals surface area contributed by atoms with Gasteiger partial charge in [-0.15, -0.1) is 11.3 Å². The summed E-state index contributed by atoms with van der Waals surface area (Å²) in [6, 6.07) is 5.98. The van der Waals surface area contributed by atoms with Crippen LogP contribution in [0.15, 0.2) is 29.8 Å². The van der Waals surface area contributed by atoms with Gasteiger partial charge in [0.1, 0.15) is 24.3 Å². The van der Waals surface area contributed by atoms with Gasteiger partial charge in [-0.1, -0.05) is 45.0 Å². The average Bonchev–Trinajstić information content (AvgIpc) is 3.53. The first-order valence-corrected chi connectivity index (χ1v) is 15.5. The number of benzene rings is 1. The molecule has 0 unspecified atom stereocenters. The van der Waals surface area contributed by atoms with Crippen LogP contribution in [0.2, 0.25) is 0 Å². The smallest absolute Gasteiger partial charge is 0.407 e. The molecular formula is C31H45N5O7S. The van der Waals surface area contributed by atoms with Gasteiger partial charge in [-0.2, -0.15) is 0 Å². The van der Waals surface area contributed by atoms with Crippen molar-refractivity contribution in [1.82, 2.24) is 25.8 Å². The third-order valence-corrected chi connectivity index (χ3v) is 7.84. The highest BCUT2D eigenvalue weighted by Gasteiger charge is 2.44. The third kappa shape index (κ3) is 10.3. The highest BCUT2D eigenvalue weighted by atomic mass is 32.1. The van der Waals surface area contributed by atoms with Crippen LogP contribution in [0.25, 0.3) is 10.4 Å². The molecule has 4 amide bonds. The van der Waals surface area contributed by atoms with Gasteiger partial charge in [0.15, 0.2) is 0 Å². The molecule has 2 heterocycles. The number of carbonyl (C=O) groups excluding carboxylic acids is 4. The van der Waals surface area contributed by atoms with Gasteiger partial charge in [0.25, 0.3) is 0 Å². The number of thiazole rings is 1.